The number of para-hydroxylation sites is 1. The summed E-state index contributed by atoms with van der Waals surface area (Å²) in [5, 5.41) is 0. The Morgan fingerprint density at radius 2 is 1.42 bits per heavy atom. The van der Waals surface area contributed by atoms with E-state index in [0.29, 0.717) is 25.2 Å². The van der Waals surface area contributed by atoms with Gasteiger partial charge in [-0.15, -0.1) is 0 Å². The average molecular weight is 412 g/mol. The standard InChI is InChI=1S/C26H24N2O3/c29-24(19-31-22-15-8-3-9-16-22)30-18-10-17-23-27-25(20-11-4-1-5-12-20)26(28-23)21-13-6-2-7-14-21/h1-9,11-16H,10,17-19H2,(H,27,28). The topological polar surface area (TPSA) is 64.2 Å². The van der Waals surface area contributed by atoms with Crippen LogP contribution in [-0.4, -0.2) is 29.2 Å². The number of carbonyl (C=O) groups excluding carboxylic acids is 1. The Morgan fingerprint density at radius 3 is 2.10 bits per heavy atom. The summed E-state index contributed by atoms with van der Waals surface area (Å²) in [6.07, 6.45) is 1.35. The first kappa shape index (κ1) is 20.4. The first-order valence-corrected chi connectivity index (χ1v) is 10.3. The third-order valence-corrected chi connectivity index (χ3v) is 4.78. The molecule has 0 fully saturated rings. The van der Waals surface area contributed by atoms with Crippen LogP contribution in [0.2, 0.25) is 0 Å². The molecular formula is C26H24N2O3. The first-order valence-electron chi connectivity index (χ1n) is 10.3. The highest BCUT2D eigenvalue weighted by molar-refractivity contribution is 5.78. The quantitative estimate of drug-likeness (QED) is 0.299. The summed E-state index contributed by atoms with van der Waals surface area (Å²) in [5.74, 6) is 1.14. The summed E-state index contributed by atoms with van der Waals surface area (Å²) >= 11 is 0. The van der Waals surface area contributed by atoms with Gasteiger partial charge in [0.1, 0.15) is 11.6 Å². The number of aryl methyl sites for hydroxylation is 1. The lowest BCUT2D eigenvalue weighted by atomic mass is 10.1. The molecule has 0 spiro atoms. The van der Waals surface area contributed by atoms with Crippen LogP contribution in [0.4, 0.5) is 0 Å². The average Bonchev–Trinajstić information content (AvgIpc) is 3.27. The van der Waals surface area contributed by atoms with Crippen LogP contribution < -0.4 is 4.74 Å². The fourth-order valence-corrected chi connectivity index (χ4v) is 3.29. The second-order valence-corrected chi connectivity index (χ2v) is 7.06. The summed E-state index contributed by atoms with van der Waals surface area (Å²) in [6.45, 7) is 0.222. The van der Waals surface area contributed by atoms with Gasteiger partial charge in [-0.2, -0.15) is 0 Å². The number of imidazole rings is 1. The minimum Gasteiger partial charge on any atom is -0.482 e. The molecule has 0 atom stereocenters. The lowest BCUT2D eigenvalue weighted by molar-refractivity contribution is -0.146. The highest BCUT2D eigenvalue weighted by Gasteiger charge is 2.14. The fourth-order valence-electron chi connectivity index (χ4n) is 3.29. The van der Waals surface area contributed by atoms with Crippen LogP contribution in [-0.2, 0) is 16.0 Å². The molecule has 0 aliphatic heterocycles. The van der Waals surface area contributed by atoms with E-state index in [2.05, 4.69) is 29.2 Å². The molecule has 1 heterocycles. The fraction of sp³-hybridized carbons (Fsp3) is 0.154. The molecule has 0 saturated heterocycles. The Balaban J connectivity index is 1.34. The lowest BCUT2D eigenvalue weighted by Crippen LogP contribution is -2.15. The van der Waals surface area contributed by atoms with E-state index in [1.807, 2.05) is 54.6 Å². The Bertz CT molecular complexity index is 1040. The van der Waals surface area contributed by atoms with Crippen molar-refractivity contribution < 1.29 is 14.3 Å². The zero-order valence-electron chi connectivity index (χ0n) is 17.2. The van der Waals surface area contributed by atoms with Gasteiger partial charge in [-0.05, 0) is 18.6 Å². The molecule has 0 aliphatic carbocycles. The van der Waals surface area contributed by atoms with Gasteiger partial charge in [0, 0.05) is 17.5 Å². The normalized spacial score (nSPS) is 10.6. The highest BCUT2D eigenvalue weighted by atomic mass is 16.6. The van der Waals surface area contributed by atoms with Gasteiger partial charge in [0.25, 0.3) is 0 Å². The molecular weight excluding hydrogens is 388 g/mol. The number of aromatic amines is 1. The van der Waals surface area contributed by atoms with E-state index >= 15 is 0 Å². The van der Waals surface area contributed by atoms with E-state index in [4.69, 9.17) is 14.5 Å². The van der Waals surface area contributed by atoms with Gasteiger partial charge in [0.05, 0.1) is 18.0 Å². The molecule has 0 aliphatic rings. The number of hydrogen-bond donors (Lipinski definition) is 1. The van der Waals surface area contributed by atoms with Gasteiger partial charge in [0.2, 0.25) is 0 Å². The molecule has 0 saturated carbocycles. The van der Waals surface area contributed by atoms with Crippen molar-refractivity contribution in [2.75, 3.05) is 13.2 Å². The van der Waals surface area contributed by atoms with Crippen LogP contribution in [0.15, 0.2) is 91.0 Å². The van der Waals surface area contributed by atoms with Crippen molar-refractivity contribution in [3.8, 4) is 28.3 Å². The highest BCUT2D eigenvalue weighted by Crippen LogP contribution is 2.30. The molecule has 4 aromatic rings. The number of nitrogens with zero attached hydrogens (tertiary/aromatic N) is 1. The van der Waals surface area contributed by atoms with E-state index in [1.54, 1.807) is 12.1 Å². The number of hydrogen-bond acceptors (Lipinski definition) is 4. The van der Waals surface area contributed by atoms with Gasteiger partial charge >= 0.3 is 5.97 Å². The van der Waals surface area contributed by atoms with Crippen LogP contribution in [0, 0.1) is 0 Å². The maximum Gasteiger partial charge on any atom is 0.344 e. The first-order chi connectivity index (χ1) is 15.3. The number of H-pyrrole nitrogens is 1. The van der Waals surface area contributed by atoms with Crippen LogP contribution in [0.3, 0.4) is 0 Å². The van der Waals surface area contributed by atoms with E-state index in [-0.39, 0.29) is 12.6 Å². The number of rotatable bonds is 9. The number of benzene rings is 3. The Labute approximate surface area is 181 Å². The summed E-state index contributed by atoms with van der Waals surface area (Å²) in [4.78, 5) is 20.2. The van der Waals surface area contributed by atoms with E-state index in [0.717, 1.165) is 28.3 Å². The summed E-state index contributed by atoms with van der Waals surface area (Å²) in [5.41, 5.74) is 4.07. The summed E-state index contributed by atoms with van der Waals surface area (Å²) in [6, 6.07) is 29.5. The van der Waals surface area contributed by atoms with Crippen LogP contribution >= 0.6 is 0 Å². The molecule has 5 nitrogen and oxygen atoms in total. The number of esters is 1. The lowest BCUT2D eigenvalue weighted by Gasteiger charge is -2.06. The minimum atomic E-state index is -0.377. The molecule has 1 N–H and O–H groups in total. The smallest absolute Gasteiger partial charge is 0.344 e. The zero-order valence-corrected chi connectivity index (χ0v) is 17.2. The van der Waals surface area contributed by atoms with E-state index < -0.39 is 0 Å². The Kier molecular flexibility index (Phi) is 6.75. The number of aromatic nitrogens is 2. The van der Waals surface area contributed by atoms with Crippen molar-refractivity contribution in [1.29, 1.82) is 0 Å². The van der Waals surface area contributed by atoms with Gasteiger partial charge in [-0.3, -0.25) is 0 Å². The monoisotopic (exact) mass is 412 g/mol. The van der Waals surface area contributed by atoms with Crippen molar-refractivity contribution in [2.24, 2.45) is 0 Å². The van der Waals surface area contributed by atoms with Crippen LogP contribution in [0.5, 0.6) is 5.75 Å². The number of ether oxygens (including phenoxy) is 2. The van der Waals surface area contributed by atoms with Crippen molar-refractivity contribution in [1.82, 2.24) is 9.97 Å². The maximum absolute atomic E-state index is 11.9. The van der Waals surface area contributed by atoms with Crippen LogP contribution in [0.25, 0.3) is 22.5 Å². The second-order valence-electron chi connectivity index (χ2n) is 7.06. The Morgan fingerprint density at radius 1 is 0.806 bits per heavy atom. The summed E-state index contributed by atoms with van der Waals surface area (Å²) in [7, 11) is 0. The predicted octanol–water partition coefficient (Wildman–Crippen LogP) is 5.30. The minimum absolute atomic E-state index is 0.0962. The zero-order chi connectivity index (χ0) is 21.3. The van der Waals surface area contributed by atoms with Gasteiger partial charge < -0.3 is 14.5 Å². The number of nitrogens with one attached hydrogen (secondary N) is 1. The Hall–Kier alpha value is -3.86. The van der Waals surface area contributed by atoms with Crippen LogP contribution in [0.1, 0.15) is 12.2 Å². The molecule has 3 aromatic carbocycles. The SMILES string of the molecule is O=C(COc1ccccc1)OCCCc1nc(-c2ccccc2)c(-c2ccccc2)[nH]1. The molecule has 156 valence electrons. The van der Waals surface area contributed by atoms with Crippen molar-refractivity contribution in [2.45, 2.75) is 12.8 Å². The van der Waals surface area contributed by atoms with E-state index in [1.165, 1.54) is 0 Å². The van der Waals surface area contributed by atoms with E-state index in [9.17, 15) is 4.79 Å². The van der Waals surface area contributed by atoms with Gasteiger partial charge in [-0.25, -0.2) is 9.78 Å². The van der Waals surface area contributed by atoms with Crippen molar-refractivity contribution in [3.05, 3.63) is 96.8 Å². The van der Waals surface area contributed by atoms with Crippen molar-refractivity contribution >= 4 is 5.97 Å². The third kappa shape index (κ3) is 5.60. The number of carbonyl (C=O) groups is 1. The maximum atomic E-state index is 11.9. The largest absolute Gasteiger partial charge is 0.482 e. The summed E-state index contributed by atoms with van der Waals surface area (Å²) < 4.78 is 10.7. The van der Waals surface area contributed by atoms with Gasteiger partial charge in [-0.1, -0.05) is 78.9 Å². The molecule has 5 heteroatoms. The molecule has 4 rings (SSSR count). The van der Waals surface area contributed by atoms with Crippen molar-refractivity contribution in [3.63, 3.8) is 0 Å². The second kappa shape index (κ2) is 10.3. The third-order valence-electron chi connectivity index (χ3n) is 4.78. The molecule has 0 radical (unpaired) electrons. The predicted molar refractivity (Wildman–Crippen MR) is 121 cm³/mol. The molecule has 0 unspecified atom stereocenters. The van der Waals surface area contributed by atoms with Gasteiger partial charge in [0.15, 0.2) is 6.61 Å². The molecule has 0 amide bonds. The molecule has 1 aromatic heterocycles. The molecule has 31 heavy (non-hydrogen) atoms. The molecule has 0 bridgehead atoms.